The molecule has 88 valence electrons. The maximum absolute atomic E-state index is 11.1. The second kappa shape index (κ2) is 6.76. The maximum Gasteiger partial charge on any atom is 0.340 e. The first-order chi connectivity index (χ1) is 7.01. The Balaban J connectivity index is 4.02. The smallest absolute Gasteiger partial charge is 0.340 e. The zero-order valence-corrected chi connectivity index (χ0v) is 11.0. The molecule has 4 nitrogen and oxygen atoms in total. The van der Waals surface area contributed by atoms with Crippen LogP contribution in [0.3, 0.4) is 0 Å². The molecule has 0 aliphatic heterocycles. The molecule has 5 heteroatoms. The average Bonchev–Trinajstić information content (AvgIpc) is 2.24. The van der Waals surface area contributed by atoms with E-state index >= 15 is 0 Å². The van der Waals surface area contributed by atoms with Crippen molar-refractivity contribution in [3.05, 3.63) is 12.2 Å². The third kappa shape index (κ3) is 4.59. The van der Waals surface area contributed by atoms with Crippen molar-refractivity contribution in [3.8, 4) is 0 Å². The molecular weight excluding hydrogens is 212 g/mol. The van der Waals surface area contributed by atoms with Crippen LogP contribution < -0.4 is 0 Å². The highest BCUT2D eigenvalue weighted by Gasteiger charge is 2.33. The lowest BCUT2D eigenvalue weighted by atomic mass is 10.4. The Labute approximate surface area is 92.5 Å². The minimum atomic E-state index is -2.13. The monoisotopic (exact) mass is 232 g/mol. The Morgan fingerprint density at radius 2 is 1.87 bits per heavy atom. The first kappa shape index (κ1) is 14.3. The van der Waals surface area contributed by atoms with Crippen molar-refractivity contribution < 1.29 is 18.4 Å². The van der Waals surface area contributed by atoms with Gasteiger partial charge in [0.05, 0.1) is 6.61 Å². The zero-order valence-electron chi connectivity index (χ0n) is 9.96. The molecule has 0 bridgehead atoms. The van der Waals surface area contributed by atoms with Gasteiger partial charge in [0.1, 0.15) is 0 Å². The van der Waals surface area contributed by atoms with E-state index in [0.717, 1.165) is 6.04 Å². The van der Waals surface area contributed by atoms with Crippen LogP contribution in [0.4, 0.5) is 0 Å². The molecule has 0 atom stereocenters. The molecule has 0 amide bonds. The van der Waals surface area contributed by atoms with Gasteiger partial charge in [-0.05, 0) is 13.0 Å². The molecule has 0 heterocycles. The molecule has 0 aromatic heterocycles. The summed E-state index contributed by atoms with van der Waals surface area (Å²) in [5.41, 5.74) is 0.411. The standard InChI is InChI=1S/C10H20O4Si/c1-6-15(12-4,13-5)8-7-14-10(11)9(2)3/h2,6-8H2,1,3-5H3. The molecule has 0 aromatic rings. The molecule has 0 radical (unpaired) electrons. The third-order valence-electron chi connectivity index (χ3n) is 2.35. The van der Waals surface area contributed by atoms with E-state index in [0.29, 0.717) is 18.2 Å². The summed E-state index contributed by atoms with van der Waals surface area (Å²) in [6, 6.07) is 1.49. The number of carbonyl (C=O) groups is 1. The Kier molecular flexibility index (Phi) is 6.47. The van der Waals surface area contributed by atoms with E-state index in [9.17, 15) is 4.79 Å². The van der Waals surface area contributed by atoms with Gasteiger partial charge < -0.3 is 13.6 Å². The molecule has 0 unspecified atom stereocenters. The van der Waals surface area contributed by atoms with E-state index in [4.69, 9.17) is 13.6 Å². The lowest BCUT2D eigenvalue weighted by Gasteiger charge is -2.25. The summed E-state index contributed by atoms with van der Waals surface area (Å²) >= 11 is 0. The molecule has 0 N–H and O–H groups in total. The van der Waals surface area contributed by atoms with Gasteiger partial charge >= 0.3 is 14.5 Å². The van der Waals surface area contributed by atoms with Gasteiger partial charge in [0.15, 0.2) is 0 Å². The van der Waals surface area contributed by atoms with Gasteiger partial charge in [0.2, 0.25) is 0 Å². The first-order valence-electron chi connectivity index (χ1n) is 4.94. The van der Waals surface area contributed by atoms with Gasteiger partial charge in [-0.15, -0.1) is 0 Å². The van der Waals surface area contributed by atoms with Crippen LogP contribution in [-0.4, -0.2) is 35.4 Å². The van der Waals surface area contributed by atoms with Crippen LogP contribution in [0.5, 0.6) is 0 Å². The molecule has 0 saturated heterocycles. The molecule has 0 spiro atoms. The van der Waals surface area contributed by atoms with Gasteiger partial charge in [-0.1, -0.05) is 13.5 Å². The first-order valence-corrected chi connectivity index (χ1v) is 7.17. The molecule has 0 aliphatic rings. The lowest BCUT2D eigenvalue weighted by Crippen LogP contribution is -2.40. The minimum Gasteiger partial charge on any atom is -0.462 e. The van der Waals surface area contributed by atoms with Crippen molar-refractivity contribution in [3.63, 3.8) is 0 Å². The van der Waals surface area contributed by atoms with Crippen LogP contribution in [0.25, 0.3) is 0 Å². The van der Waals surface area contributed by atoms with Crippen LogP contribution in [0.2, 0.25) is 12.1 Å². The molecule has 0 saturated carbocycles. The van der Waals surface area contributed by atoms with Crippen LogP contribution in [-0.2, 0) is 18.4 Å². The quantitative estimate of drug-likeness (QED) is 0.382. The average molecular weight is 232 g/mol. The summed E-state index contributed by atoms with van der Waals surface area (Å²) < 4.78 is 15.8. The van der Waals surface area contributed by atoms with Crippen molar-refractivity contribution in [2.45, 2.75) is 25.9 Å². The van der Waals surface area contributed by atoms with E-state index in [1.807, 2.05) is 6.92 Å². The zero-order chi connectivity index (χ0) is 11.9. The van der Waals surface area contributed by atoms with E-state index < -0.39 is 8.56 Å². The molecule has 0 fully saturated rings. The number of hydrogen-bond acceptors (Lipinski definition) is 4. The van der Waals surface area contributed by atoms with Gasteiger partial charge in [-0.3, -0.25) is 0 Å². The van der Waals surface area contributed by atoms with E-state index in [1.54, 1.807) is 21.1 Å². The fourth-order valence-electron chi connectivity index (χ4n) is 1.18. The number of rotatable bonds is 7. The molecule has 15 heavy (non-hydrogen) atoms. The van der Waals surface area contributed by atoms with Crippen LogP contribution in [0, 0.1) is 0 Å². The van der Waals surface area contributed by atoms with Crippen LogP contribution in [0.15, 0.2) is 12.2 Å². The largest absolute Gasteiger partial charge is 0.462 e. The van der Waals surface area contributed by atoms with Crippen molar-refractivity contribution in [1.29, 1.82) is 0 Å². The SMILES string of the molecule is C=C(C)C(=O)OCC[Si](CC)(OC)OC. The van der Waals surface area contributed by atoms with Gasteiger partial charge in [0, 0.05) is 25.8 Å². The van der Waals surface area contributed by atoms with Gasteiger partial charge in [-0.2, -0.15) is 0 Å². The summed E-state index contributed by atoms with van der Waals surface area (Å²) in [6.45, 7) is 7.47. The number of esters is 1. The van der Waals surface area contributed by atoms with Crippen LogP contribution >= 0.6 is 0 Å². The summed E-state index contributed by atoms with van der Waals surface area (Å²) in [4.78, 5) is 11.1. The molecule has 0 rings (SSSR count). The molecule has 0 aliphatic carbocycles. The van der Waals surface area contributed by atoms with Gasteiger partial charge in [-0.25, -0.2) is 4.79 Å². The maximum atomic E-state index is 11.1. The highest BCUT2D eigenvalue weighted by atomic mass is 28.4. The number of carbonyl (C=O) groups excluding carboxylic acids is 1. The van der Waals surface area contributed by atoms with E-state index in [-0.39, 0.29) is 5.97 Å². The normalized spacial score (nSPS) is 11.2. The van der Waals surface area contributed by atoms with Crippen molar-refractivity contribution in [2.24, 2.45) is 0 Å². The predicted octanol–water partition coefficient (Wildman–Crippen LogP) is 1.86. The molecular formula is C10H20O4Si. The predicted molar refractivity (Wildman–Crippen MR) is 60.8 cm³/mol. The second-order valence-corrected chi connectivity index (χ2v) is 7.18. The highest BCUT2D eigenvalue weighted by Crippen LogP contribution is 2.16. The molecule has 0 aromatic carbocycles. The number of ether oxygens (including phenoxy) is 1. The summed E-state index contributed by atoms with van der Waals surface area (Å²) in [5, 5.41) is 0. The van der Waals surface area contributed by atoms with Crippen molar-refractivity contribution in [1.82, 2.24) is 0 Å². The lowest BCUT2D eigenvalue weighted by molar-refractivity contribution is -0.138. The Hall–Kier alpha value is -0.653. The fraction of sp³-hybridized carbons (Fsp3) is 0.700. The van der Waals surface area contributed by atoms with Gasteiger partial charge in [0.25, 0.3) is 0 Å². The van der Waals surface area contributed by atoms with Crippen molar-refractivity contribution in [2.75, 3.05) is 20.8 Å². The minimum absolute atomic E-state index is 0.327. The van der Waals surface area contributed by atoms with E-state index in [1.165, 1.54) is 0 Å². The third-order valence-corrected chi connectivity index (χ3v) is 5.88. The topological polar surface area (TPSA) is 44.8 Å². The second-order valence-electron chi connectivity index (χ2n) is 3.34. The summed E-state index contributed by atoms with van der Waals surface area (Å²) in [6.07, 6.45) is 0. The van der Waals surface area contributed by atoms with E-state index in [2.05, 4.69) is 6.58 Å². The number of hydrogen-bond donors (Lipinski definition) is 0. The Morgan fingerprint density at radius 3 is 2.20 bits per heavy atom. The van der Waals surface area contributed by atoms with Crippen LogP contribution in [0.1, 0.15) is 13.8 Å². The Bertz CT molecular complexity index is 215. The fourth-order valence-corrected chi connectivity index (χ4v) is 3.09. The highest BCUT2D eigenvalue weighted by molar-refractivity contribution is 6.67. The van der Waals surface area contributed by atoms with Crippen molar-refractivity contribution >= 4 is 14.5 Å². The Morgan fingerprint density at radius 1 is 1.33 bits per heavy atom. The summed E-state index contributed by atoms with van der Waals surface area (Å²) in [7, 11) is 1.15. The summed E-state index contributed by atoms with van der Waals surface area (Å²) in [5.74, 6) is -0.360.